The largest absolute Gasteiger partial charge is 0.335 e. The quantitative estimate of drug-likeness (QED) is 0.820. The number of urea groups is 1. The minimum absolute atomic E-state index is 0.0289. The summed E-state index contributed by atoms with van der Waals surface area (Å²) in [6, 6.07) is 15.2. The first kappa shape index (κ1) is 19.9. The van der Waals surface area contributed by atoms with E-state index in [0.717, 1.165) is 45.4 Å². The molecule has 0 radical (unpaired) electrons. The van der Waals surface area contributed by atoms with Crippen molar-refractivity contribution in [2.75, 3.05) is 26.7 Å². The molecule has 0 spiro atoms. The molecule has 2 amide bonds. The number of rotatable bonds is 5. The van der Waals surface area contributed by atoms with Crippen molar-refractivity contribution < 1.29 is 4.79 Å². The summed E-state index contributed by atoms with van der Waals surface area (Å²) >= 11 is 0. The van der Waals surface area contributed by atoms with Gasteiger partial charge in [-0.1, -0.05) is 30.3 Å². The zero-order valence-corrected chi connectivity index (χ0v) is 17.1. The summed E-state index contributed by atoms with van der Waals surface area (Å²) in [6.07, 6.45) is 6.65. The highest BCUT2D eigenvalue weighted by Crippen LogP contribution is 2.30. The Balaban J connectivity index is 1.25. The average Bonchev–Trinajstić information content (AvgIpc) is 3.10. The summed E-state index contributed by atoms with van der Waals surface area (Å²) in [5, 5.41) is 6.46. The van der Waals surface area contributed by atoms with Gasteiger partial charge in [0.05, 0.1) is 12.1 Å². The second-order valence-electron chi connectivity index (χ2n) is 8.25. The lowest BCUT2D eigenvalue weighted by atomic mass is 10.0. The van der Waals surface area contributed by atoms with E-state index in [1.807, 2.05) is 18.5 Å². The third-order valence-electron chi connectivity index (χ3n) is 6.18. The molecule has 154 valence electrons. The predicted molar refractivity (Wildman–Crippen MR) is 114 cm³/mol. The van der Waals surface area contributed by atoms with E-state index in [1.54, 1.807) is 0 Å². The van der Waals surface area contributed by atoms with Crippen LogP contribution in [0.15, 0.2) is 54.9 Å². The van der Waals surface area contributed by atoms with E-state index in [2.05, 4.69) is 68.9 Å². The number of piperidine rings is 1. The molecular weight excluding hydrogens is 362 g/mol. The van der Waals surface area contributed by atoms with E-state index in [4.69, 9.17) is 0 Å². The van der Waals surface area contributed by atoms with Crippen LogP contribution in [0.25, 0.3) is 0 Å². The summed E-state index contributed by atoms with van der Waals surface area (Å²) in [6.45, 7) is 3.96. The molecule has 2 fully saturated rings. The highest BCUT2D eigenvalue weighted by molar-refractivity contribution is 5.74. The first-order valence-electron chi connectivity index (χ1n) is 10.6. The second-order valence-corrected chi connectivity index (χ2v) is 8.25. The molecule has 0 bridgehead atoms. The Morgan fingerprint density at radius 1 is 1.00 bits per heavy atom. The lowest BCUT2D eigenvalue weighted by molar-refractivity contribution is 0.184. The number of carbonyl (C=O) groups excluding carboxylic acids is 1. The molecule has 6 nitrogen and oxygen atoms in total. The van der Waals surface area contributed by atoms with Crippen molar-refractivity contribution in [1.82, 2.24) is 25.4 Å². The fourth-order valence-electron chi connectivity index (χ4n) is 4.61. The number of nitrogens with zero attached hydrogens (tertiary/aromatic N) is 3. The van der Waals surface area contributed by atoms with Gasteiger partial charge in [-0.15, -0.1) is 0 Å². The average molecular weight is 394 g/mol. The molecule has 0 aliphatic carbocycles. The number of likely N-dealkylation sites (tertiary alicyclic amines) is 2. The number of aromatic nitrogens is 1. The highest BCUT2D eigenvalue weighted by atomic mass is 16.2. The molecule has 2 aliphatic heterocycles. The van der Waals surface area contributed by atoms with E-state index >= 15 is 0 Å². The summed E-state index contributed by atoms with van der Waals surface area (Å²) in [7, 11) is 2.13. The van der Waals surface area contributed by atoms with Crippen LogP contribution in [-0.2, 0) is 6.54 Å². The maximum Gasteiger partial charge on any atom is 0.315 e. The number of hydrogen-bond donors (Lipinski definition) is 2. The molecule has 2 aromatic rings. The van der Waals surface area contributed by atoms with Crippen LogP contribution < -0.4 is 10.6 Å². The van der Waals surface area contributed by atoms with Crippen LogP contribution in [0, 0.1) is 0 Å². The van der Waals surface area contributed by atoms with Gasteiger partial charge in [-0.05, 0) is 49.6 Å². The van der Waals surface area contributed by atoms with E-state index in [-0.39, 0.29) is 24.2 Å². The topological polar surface area (TPSA) is 60.5 Å². The van der Waals surface area contributed by atoms with Crippen LogP contribution in [0.5, 0.6) is 0 Å². The molecule has 2 aliphatic rings. The van der Waals surface area contributed by atoms with Crippen LogP contribution in [0.4, 0.5) is 4.79 Å². The number of benzene rings is 1. The number of pyridine rings is 1. The number of carbonyl (C=O) groups is 1. The lowest BCUT2D eigenvalue weighted by Crippen LogP contribution is -2.50. The van der Waals surface area contributed by atoms with Gasteiger partial charge < -0.3 is 10.6 Å². The van der Waals surface area contributed by atoms with Crippen molar-refractivity contribution in [3.05, 3.63) is 66.0 Å². The molecule has 1 aromatic carbocycles. The molecule has 2 unspecified atom stereocenters. The van der Waals surface area contributed by atoms with Crippen LogP contribution in [-0.4, -0.2) is 59.6 Å². The van der Waals surface area contributed by atoms with Crippen molar-refractivity contribution in [2.45, 2.75) is 43.9 Å². The standard InChI is InChI=1S/C23H31N5O/c1-27-14-11-21(22(27)19-5-3-2-4-6-19)26-23(29)25-20-9-15-28(16-10-20)17-18-7-12-24-13-8-18/h2-8,12-13,20-22H,9-11,14-17H2,1H3,(H2,25,26,29). The molecule has 4 rings (SSSR count). The number of amides is 2. The van der Waals surface area contributed by atoms with Crippen molar-refractivity contribution in [3.8, 4) is 0 Å². The smallest absolute Gasteiger partial charge is 0.315 e. The van der Waals surface area contributed by atoms with Gasteiger partial charge in [-0.3, -0.25) is 14.8 Å². The van der Waals surface area contributed by atoms with Crippen LogP contribution >= 0.6 is 0 Å². The summed E-state index contributed by atoms with van der Waals surface area (Å²) in [5.74, 6) is 0. The molecule has 3 heterocycles. The third-order valence-corrected chi connectivity index (χ3v) is 6.18. The normalized spacial score (nSPS) is 23.8. The van der Waals surface area contributed by atoms with Gasteiger partial charge in [0.15, 0.2) is 0 Å². The Labute approximate surface area is 173 Å². The summed E-state index contributed by atoms with van der Waals surface area (Å²) < 4.78 is 0. The maximum absolute atomic E-state index is 12.7. The van der Waals surface area contributed by atoms with Crippen LogP contribution in [0.3, 0.4) is 0 Å². The van der Waals surface area contributed by atoms with Gasteiger partial charge in [-0.25, -0.2) is 4.79 Å². The third kappa shape index (κ3) is 5.14. The molecule has 1 aromatic heterocycles. The molecule has 6 heteroatoms. The summed E-state index contributed by atoms with van der Waals surface area (Å²) in [5.41, 5.74) is 2.56. The zero-order chi connectivity index (χ0) is 20.1. The van der Waals surface area contributed by atoms with Gasteiger partial charge in [0.2, 0.25) is 0 Å². The number of hydrogen-bond acceptors (Lipinski definition) is 4. The fourth-order valence-corrected chi connectivity index (χ4v) is 4.61. The SMILES string of the molecule is CN1CCC(NC(=O)NC2CCN(Cc3ccncc3)CC2)C1c1ccccc1. The van der Waals surface area contributed by atoms with Gasteiger partial charge in [-0.2, -0.15) is 0 Å². The number of likely N-dealkylation sites (N-methyl/N-ethyl adjacent to an activating group) is 1. The summed E-state index contributed by atoms with van der Waals surface area (Å²) in [4.78, 5) is 21.5. The lowest BCUT2D eigenvalue weighted by Gasteiger charge is -2.33. The van der Waals surface area contributed by atoms with E-state index in [0.29, 0.717) is 0 Å². The monoisotopic (exact) mass is 393 g/mol. The van der Waals surface area contributed by atoms with Crippen molar-refractivity contribution >= 4 is 6.03 Å². The molecule has 29 heavy (non-hydrogen) atoms. The molecule has 2 saturated heterocycles. The zero-order valence-electron chi connectivity index (χ0n) is 17.1. The minimum Gasteiger partial charge on any atom is -0.335 e. The fraction of sp³-hybridized carbons (Fsp3) is 0.478. The van der Waals surface area contributed by atoms with E-state index < -0.39 is 0 Å². The first-order valence-corrected chi connectivity index (χ1v) is 10.6. The van der Waals surface area contributed by atoms with E-state index in [1.165, 1.54) is 11.1 Å². The Kier molecular flexibility index (Phi) is 6.42. The van der Waals surface area contributed by atoms with Crippen molar-refractivity contribution in [3.63, 3.8) is 0 Å². The Morgan fingerprint density at radius 3 is 2.45 bits per heavy atom. The molecular formula is C23H31N5O. The highest BCUT2D eigenvalue weighted by Gasteiger charge is 2.34. The molecule has 0 saturated carbocycles. The van der Waals surface area contributed by atoms with Gasteiger partial charge >= 0.3 is 6.03 Å². The Morgan fingerprint density at radius 2 is 1.72 bits per heavy atom. The first-order chi connectivity index (χ1) is 14.2. The molecule has 2 N–H and O–H groups in total. The van der Waals surface area contributed by atoms with Crippen LogP contribution in [0.1, 0.15) is 36.4 Å². The van der Waals surface area contributed by atoms with Crippen molar-refractivity contribution in [1.29, 1.82) is 0 Å². The van der Waals surface area contributed by atoms with Gasteiger partial charge in [0, 0.05) is 44.6 Å². The Hall–Kier alpha value is -2.44. The van der Waals surface area contributed by atoms with Gasteiger partial charge in [0.25, 0.3) is 0 Å². The second kappa shape index (κ2) is 9.37. The van der Waals surface area contributed by atoms with Crippen LogP contribution in [0.2, 0.25) is 0 Å². The van der Waals surface area contributed by atoms with Crippen molar-refractivity contribution in [2.24, 2.45) is 0 Å². The predicted octanol–water partition coefficient (Wildman–Crippen LogP) is 2.79. The van der Waals surface area contributed by atoms with Gasteiger partial charge in [0.1, 0.15) is 0 Å². The number of nitrogens with one attached hydrogen (secondary N) is 2. The van der Waals surface area contributed by atoms with E-state index in [9.17, 15) is 4.79 Å². The minimum atomic E-state index is -0.0289. The Bertz CT molecular complexity index is 776. The maximum atomic E-state index is 12.7. The molecule has 2 atom stereocenters.